The highest BCUT2D eigenvalue weighted by Crippen LogP contribution is 2.30. The second-order valence-electron chi connectivity index (χ2n) is 6.54. The summed E-state index contributed by atoms with van der Waals surface area (Å²) in [5.41, 5.74) is 4.32. The fraction of sp³-hybridized carbons (Fsp3) is 0.667. The lowest BCUT2D eigenvalue weighted by molar-refractivity contribution is 0.204. The molecule has 0 amide bonds. The van der Waals surface area contributed by atoms with Crippen LogP contribution < -0.4 is 5.32 Å². The maximum Gasteiger partial charge on any atom is 0.0210 e. The minimum Gasteiger partial charge on any atom is -0.310 e. The Balaban J connectivity index is 1.98. The quantitative estimate of drug-likeness (QED) is 0.832. The SMILES string of the molecule is Cc1cccc(CNC2CCCCC2C(C)C)c1C. The van der Waals surface area contributed by atoms with Crippen LogP contribution in [0.4, 0.5) is 0 Å². The van der Waals surface area contributed by atoms with Gasteiger partial charge in [0.25, 0.3) is 0 Å². The first-order valence-electron chi connectivity index (χ1n) is 7.88. The second-order valence-corrected chi connectivity index (χ2v) is 6.54. The summed E-state index contributed by atoms with van der Waals surface area (Å²) in [5.74, 6) is 1.66. The monoisotopic (exact) mass is 259 g/mol. The molecule has 1 aromatic rings. The van der Waals surface area contributed by atoms with Crippen LogP contribution in [-0.4, -0.2) is 6.04 Å². The molecule has 2 atom stereocenters. The van der Waals surface area contributed by atoms with Crippen molar-refractivity contribution >= 4 is 0 Å². The topological polar surface area (TPSA) is 12.0 Å². The Morgan fingerprint density at radius 3 is 2.63 bits per heavy atom. The van der Waals surface area contributed by atoms with Crippen LogP contribution >= 0.6 is 0 Å². The van der Waals surface area contributed by atoms with E-state index in [1.54, 1.807) is 0 Å². The van der Waals surface area contributed by atoms with E-state index in [2.05, 4.69) is 51.2 Å². The molecule has 2 unspecified atom stereocenters. The third-order valence-electron chi connectivity index (χ3n) is 4.95. The predicted octanol–water partition coefficient (Wildman–Crippen LogP) is 4.61. The van der Waals surface area contributed by atoms with Gasteiger partial charge in [-0.3, -0.25) is 0 Å². The van der Waals surface area contributed by atoms with Crippen LogP contribution in [0.5, 0.6) is 0 Å². The van der Waals surface area contributed by atoms with Crippen molar-refractivity contribution < 1.29 is 0 Å². The van der Waals surface area contributed by atoms with Crippen LogP contribution in [0.25, 0.3) is 0 Å². The number of rotatable bonds is 4. The summed E-state index contributed by atoms with van der Waals surface area (Å²) in [7, 11) is 0. The van der Waals surface area contributed by atoms with Crippen molar-refractivity contribution in [1.82, 2.24) is 5.32 Å². The van der Waals surface area contributed by atoms with E-state index in [4.69, 9.17) is 0 Å². The zero-order valence-corrected chi connectivity index (χ0v) is 13.0. The van der Waals surface area contributed by atoms with Crippen LogP contribution in [0.3, 0.4) is 0 Å². The molecule has 0 radical (unpaired) electrons. The number of hydrogen-bond donors (Lipinski definition) is 1. The first-order chi connectivity index (χ1) is 9.09. The number of hydrogen-bond acceptors (Lipinski definition) is 1. The third kappa shape index (κ3) is 3.60. The van der Waals surface area contributed by atoms with E-state index in [1.807, 2.05) is 0 Å². The Hall–Kier alpha value is -0.820. The van der Waals surface area contributed by atoms with E-state index in [0.29, 0.717) is 6.04 Å². The average molecular weight is 259 g/mol. The molecule has 0 aliphatic heterocycles. The molecule has 1 aromatic carbocycles. The van der Waals surface area contributed by atoms with Gasteiger partial charge in [0.05, 0.1) is 0 Å². The van der Waals surface area contributed by atoms with E-state index in [-0.39, 0.29) is 0 Å². The van der Waals surface area contributed by atoms with Crippen molar-refractivity contribution in [3.05, 3.63) is 34.9 Å². The van der Waals surface area contributed by atoms with Gasteiger partial charge in [0.15, 0.2) is 0 Å². The molecular weight excluding hydrogens is 230 g/mol. The lowest BCUT2D eigenvalue weighted by Crippen LogP contribution is -2.40. The molecule has 0 spiro atoms. The largest absolute Gasteiger partial charge is 0.310 e. The fourth-order valence-corrected chi connectivity index (χ4v) is 3.46. The first-order valence-corrected chi connectivity index (χ1v) is 7.88. The number of nitrogens with one attached hydrogen (secondary N) is 1. The molecular formula is C18H29N. The Kier molecular flexibility index (Phi) is 5.04. The predicted molar refractivity (Wildman–Crippen MR) is 83.3 cm³/mol. The minimum atomic E-state index is 0.716. The summed E-state index contributed by atoms with van der Waals surface area (Å²) >= 11 is 0. The van der Waals surface area contributed by atoms with Crippen molar-refractivity contribution in [2.45, 2.75) is 66.0 Å². The van der Waals surface area contributed by atoms with Gasteiger partial charge in [-0.1, -0.05) is 44.9 Å². The lowest BCUT2D eigenvalue weighted by Gasteiger charge is -2.35. The van der Waals surface area contributed by atoms with E-state index in [1.165, 1.54) is 42.4 Å². The zero-order valence-electron chi connectivity index (χ0n) is 13.0. The van der Waals surface area contributed by atoms with Crippen LogP contribution in [0, 0.1) is 25.7 Å². The van der Waals surface area contributed by atoms with Gasteiger partial charge in [0, 0.05) is 12.6 Å². The molecule has 1 aliphatic carbocycles. The van der Waals surface area contributed by atoms with Crippen LogP contribution in [0.15, 0.2) is 18.2 Å². The second kappa shape index (κ2) is 6.56. The van der Waals surface area contributed by atoms with E-state index < -0.39 is 0 Å². The smallest absolute Gasteiger partial charge is 0.0210 e. The standard InChI is InChI=1S/C18H29N/c1-13(2)17-10-5-6-11-18(17)19-12-16-9-7-8-14(3)15(16)4/h7-9,13,17-19H,5-6,10-12H2,1-4H3. The molecule has 1 aliphatic rings. The summed E-state index contributed by atoms with van der Waals surface area (Å²) in [6.45, 7) is 10.2. The summed E-state index contributed by atoms with van der Waals surface area (Å²) in [6, 6.07) is 7.37. The Morgan fingerprint density at radius 1 is 1.16 bits per heavy atom. The van der Waals surface area contributed by atoms with Gasteiger partial charge in [0.1, 0.15) is 0 Å². The summed E-state index contributed by atoms with van der Waals surface area (Å²) in [6.07, 6.45) is 5.58. The van der Waals surface area contributed by atoms with Gasteiger partial charge in [-0.15, -0.1) is 0 Å². The third-order valence-corrected chi connectivity index (χ3v) is 4.95. The van der Waals surface area contributed by atoms with Gasteiger partial charge in [-0.05, 0) is 55.2 Å². The van der Waals surface area contributed by atoms with Crippen molar-refractivity contribution in [1.29, 1.82) is 0 Å². The molecule has 0 heterocycles. The number of benzene rings is 1. The highest BCUT2D eigenvalue weighted by molar-refractivity contribution is 5.32. The lowest BCUT2D eigenvalue weighted by atomic mass is 9.78. The normalized spacial score (nSPS) is 23.8. The highest BCUT2D eigenvalue weighted by atomic mass is 14.9. The summed E-state index contributed by atoms with van der Waals surface area (Å²) < 4.78 is 0. The molecule has 1 saturated carbocycles. The molecule has 1 heteroatoms. The molecule has 106 valence electrons. The highest BCUT2D eigenvalue weighted by Gasteiger charge is 2.26. The van der Waals surface area contributed by atoms with Crippen molar-refractivity contribution in [3.8, 4) is 0 Å². The van der Waals surface area contributed by atoms with Crippen molar-refractivity contribution in [3.63, 3.8) is 0 Å². The minimum absolute atomic E-state index is 0.716. The van der Waals surface area contributed by atoms with Crippen LogP contribution in [0.2, 0.25) is 0 Å². The molecule has 2 rings (SSSR count). The summed E-state index contributed by atoms with van der Waals surface area (Å²) in [4.78, 5) is 0. The Bertz CT molecular complexity index is 408. The van der Waals surface area contributed by atoms with Crippen molar-refractivity contribution in [2.24, 2.45) is 11.8 Å². The molecule has 0 saturated heterocycles. The van der Waals surface area contributed by atoms with E-state index in [9.17, 15) is 0 Å². The first kappa shape index (κ1) is 14.6. The van der Waals surface area contributed by atoms with Gasteiger partial charge in [-0.2, -0.15) is 0 Å². The van der Waals surface area contributed by atoms with Gasteiger partial charge in [0.2, 0.25) is 0 Å². The average Bonchev–Trinajstić information content (AvgIpc) is 2.40. The zero-order chi connectivity index (χ0) is 13.8. The Morgan fingerprint density at radius 2 is 1.89 bits per heavy atom. The molecule has 0 aromatic heterocycles. The maximum atomic E-state index is 3.84. The van der Waals surface area contributed by atoms with E-state index >= 15 is 0 Å². The Labute approximate surface area is 118 Å². The van der Waals surface area contributed by atoms with Crippen molar-refractivity contribution in [2.75, 3.05) is 0 Å². The number of aryl methyl sites for hydroxylation is 1. The maximum absolute atomic E-state index is 3.84. The fourth-order valence-electron chi connectivity index (χ4n) is 3.46. The van der Waals surface area contributed by atoms with Crippen LogP contribution in [0.1, 0.15) is 56.2 Å². The molecule has 1 N–H and O–H groups in total. The van der Waals surface area contributed by atoms with E-state index in [0.717, 1.165) is 18.4 Å². The van der Waals surface area contributed by atoms with Gasteiger partial charge >= 0.3 is 0 Å². The molecule has 0 bridgehead atoms. The molecule has 19 heavy (non-hydrogen) atoms. The van der Waals surface area contributed by atoms with Gasteiger partial charge in [-0.25, -0.2) is 0 Å². The molecule has 1 nitrogen and oxygen atoms in total. The summed E-state index contributed by atoms with van der Waals surface area (Å²) in [5, 5.41) is 3.84. The van der Waals surface area contributed by atoms with Gasteiger partial charge < -0.3 is 5.32 Å². The molecule has 1 fully saturated rings. The van der Waals surface area contributed by atoms with Crippen LogP contribution in [-0.2, 0) is 6.54 Å².